The second-order valence-electron chi connectivity index (χ2n) is 7.52. The molecule has 1 saturated heterocycles. The van der Waals surface area contributed by atoms with Gasteiger partial charge in [0.1, 0.15) is 0 Å². The molecule has 11 heteroatoms. The van der Waals surface area contributed by atoms with Gasteiger partial charge in [-0.15, -0.1) is 10.2 Å². The first-order valence-electron chi connectivity index (χ1n) is 9.80. The van der Waals surface area contributed by atoms with E-state index in [1.54, 1.807) is 24.1 Å². The van der Waals surface area contributed by atoms with Crippen LogP contribution < -0.4 is 5.32 Å². The second kappa shape index (κ2) is 7.65. The number of nitrogens with one attached hydrogen (secondary N) is 2. The minimum absolute atomic E-state index is 0.125. The number of rotatable bonds is 3. The van der Waals surface area contributed by atoms with Gasteiger partial charge in [0.15, 0.2) is 17.9 Å². The van der Waals surface area contributed by atoms with Crippen molar-refractivity contribution in [1.29, 1.82) is 0 Å². The lowest BCUT2D eigenvalue weighted by molar-refractivity contribution is -0.127. The Labute approximate surface area is 187 Å². The number of para-hydroxylation sites is 1. The highest BCUT2D eigenvalue weighted by atomic mass is 35.5. The summed E-state index contributed by atoms with van der Waals surface area (Å²) in [4.78, 5) is 35.2. The molecule has 0 spiro atoms. The van der Waals surface area contributed by atoms with Crippen molar-refractivity contribution < 1.29 is 14.7 Å². The molecule has 2 aliphatic rings. The van der Waals surface area contributed by atoms with Crippen LogP contribution in [-0.4, -0.2) is 57.0 Å². The number of benzene rings is 2. The van der Waals surface area contributed by atoms with Crippen molar-refractivity contribution >= 4 is 46.1 Å². The normalized spacial score (nSPS) is 20.8. The zero-order chi connectivity index (χ0) is 22.4. The van der Waals surface area contributed by atoms with Gasteiger partial charge in [0, 0.05) is 24.0 Å². The summed E-state index contributed by atoms with van der Waals surface area (Å²) < 4.78 is 0. The molecule has 2 aliphatic heterocycles. The Kier molecular flexibility index (Phi) is 4.78. The molecule has 10 nitrogen and oxygen atoms in total. The molecule has 3 amide bonds. The Morgan fingerprint density at radius 2 is 1.88 bits per heavy atom. The molecule has 2 atom stereocenters. The molecule has 3 heterocycles. The summed E-state index contributed by atoms with van der Waals surface area (Å²) in [5.41, 5.74) is 1.85. The largest absolute Gasteiger partial charge is 0.493 e. The molecule has 3 N–H and O–H groups in total. The first kappa shape index (κ1) is 20.0. The number of carbonyl (C=O) groups is 2. The van der Waals surface area contributed by atoms with E-state index in [0.29, 0.717) is 22.5 Å². The summed E-state index contributed by atoms with van der Waals surface area (Å²) in [6, 6.07) is 13.2. The summed E-state index contributed by atoms with van der Waals surface area (Å²) in [5, 5.41) is 22.4. The monoisotopic (exact) mass is 451 g/mol. The number of azo groups is 1. The number of fused-ring (bicyclic) bond motifs is 2. The number of aliphatic imine (C=N–C) groups is 1. The van der Waals surface area contributed by atoms with Gasteiger partial charge in [0.2, 0.25) is 11.8 Å². The van der Waals surface area contributed by atoms with Crippen molar-refractivity contribution in [2.75, 3.05) is 7.05 Å². The molecule has 0 bridgehead atoms. The van der Waals surface area contributed by atoms with Gasteiger partial charge in [-0.3, -0.25) is 10.1 Å². The fourth-order valence-electron chi connectivity index (χ4n) is 3.86. The zero-order valence-corrected chi connectivity index (χ0v) is 17.6. The molecule has 0 saturated carbocycles. The lowest BCUT2D eigenvalue weighted by Crippen LogP contribution is -2.63. The van der Waals surface area contributed by atoms with Gasteiger partial charge in [-0.2, -0.15) is 0 Å². The molecule has 2 aromatic carbocycles. The van der Waals surface area contributed by atoms with E-state index in [9.17, 15) is 14.7 Å². The van der Waals surface area contributed by atoms with Crippen LogP contribution in [0.25, 0.3) is 10.9 Å². The van der Waals surface area contributed by atoms with Gasteiger partial charge in [-0.1, -0.05) is 41.9 Å². The maximum absolute atomic E-state index is 12.7. The number of amides is 3. The quantitative estimate of drug-likeness (QED) is 0.528. The fraction of sp³-hybridized carbons (Fsp3) is 0.190. The smallest absolute Gasteiger partial charge is 0.325 e. The summed E-state index contributed by atoms with van der Waals surface area (Å²) in [6.45, 7) is 0.297. The SMILES string of the molecule is CN1C(=O)NC(=O)C2C1N=C(N=Nc1c(O)[nH]c3ccccc13)N2Cc1ccc(Cl)cc1. The van der Waals surface area contributed by atoms with E-state index in [0.717, 1.165) is 5.56 Å². The zero-order valence-electron chi connectivity index (χ0n) is 16.9. The summed E-state index contributed by atoms with van der Waals surface area (Å²) in [6.07, 6.45) is -0.742. The molecule has 5 rings (SSSR count). The molecular weight excluding hydrogens is 434 g/mol. The van der Waals surface area contributed by atoms with Crippen LogP contribution in [0.3, 0.4) is 0 Å². The molecule has 2 unspecified atom stereocenters. The van der Waals surface area contributed by atoms with E-state index in [1.807, 2.05) is 36.4 Å². The predicted octanol–water partition coefficient (Wildman–Crippen LogP) is 3.36. The first-order chi connectivity index (χ1) is 15.4. The van der Waals surface area contributed by atoms with Gasteiger partial charge < -0.3 is 19.9 Å². The number of hydrogen-bond acceptors (Lipinski definition) is 7. The second-order valence-corrected chi connectivity index (χ2v) is 7.95. The number of carbonyl (C=O) groups excluding carboxylic acids is 2. The molecule has 1 aromatic heterocycles. The van der Waals surface area contributed by atoms with Gasteiger partial charge in [-0.05, 0) is 23.8 Å². The third-order valence-corrected chi connectivity index (χ3v) is 5.76. The minimum atomic E-state index is -0.765. The van der Waals surface area contributed by atoms with Crippen LogP contribution >= 0.6 is 11.6 Å². The Hall–Kier alpha value is -3.92. The molecule has 0 radical (unpaired) electrons. The van der Waals surface area contributed by atoms with Gasteiger partial charge in [-0.25, -0.2) is 9.79 Å². The van der Waals surface area contributed by atoms with Gasteiger partial charge in [0.25, 0.3) is 5.91 Å². The maximum atomic E-state index is 12.7. The van der Waals surface area contributed by atoms with Crippen LogP contribution in [-0.2, 0) is 11.3 Å². The Balaban J connectivity index is 1.53. The van der Waals surface area contributed by atoms with Crippen molar-refractivity contribution in [2.24, 2.45) is 15.2 Å². The Morgan fingerprint density at radius 3 is 2.66 bits per heavy atom. The van der Waals surface area contributed by atoms with E-state index in [2.05, 4.69) is 25.5 Å². The van der Waals surface area contributed by atoms with Gasteiger partial charge >= 0.3 is 6.03 Å². The highest BCUT2D eigenvalue weighted by molar-refractivity contribution is 6.30. The number of guanidine groups is 1. The average molecular weight is 452 g/mol. The number of halogens is 1. The highest BCUT2D eigenvalue weighted by Crippen LogP contribution is 2.36. The van der Waals surface area contributed by atoms with Crippen LogP contribution in [0.4, 0.5) is 10.5 Å². The molecule has 1 fully saturated rings. The van der Waals surface area contributed by atoms with Crippen molar-refractivity contribution in [3.63, 3.8) is 0 Å². The number of likely N-dealkylation sites (N-methyl/N-ethyl adjacent to an activating group) is 1. The predicted molar refractivity (Wildman–Crippen MR) is 118 cm³/mol. The number of aromatic hydroxyl groups is 1. The van der Waals surface area contributed by atoms with E-state index < -0.39 is 24.1 Å². The summed E-state index contributed by atoms with van der Waals surface area (Å²) >= 11 is 5.99. The molecule has 162 valence electrons. The lowest BCUT2D eigenvalue weighted by atomic mass is 10.1. The molecule has 32 heavy (non-hydrogen) atoms. The summed E-state index contributed by atoms with van der Waals surface area (Å²) in [7, 11) is 1.56. The highest BCUT2D eigenvalue weighted by Gasteiger charge is 2.48. The number of aromatic nitrogens is 1. The van der Waals surface area contributed by atoms with Gasteiger partial charge in [0.05, 0.1) is 5.52 Å². The topological polar surface area (TPSA) is 126 Å². The fourth-order valence-corrected chi connectivity index (χ4v) is 3.99. The van der Waals surface area contributed by atoms with Crippen LogP contribution in [0, 0.1) is 0 Å². The number of imide groups is 1. The van der Waals surface area contributed by atoms with Crippen LogP contribution in [0.5, 0.6) is 5.88 Å². The standard InChI is InChI=1S/C21H18ClN7O3/c1-28-17-16(19(31)25-21(28)32)29(10-11-6-8-12(22)9-7-11)20(24-17)27-26-15-13-4-2-3-5-14(13)23-18(15)30/h2-9,16-17,23,30H,10H2,1H3,(H,25,31,32). The molecule has 0 aliphatic carbocycles. The van der Waals surface area contributed by atoms with Crippen molar-refractivity contribution in [1.82, 2.24) is 20.1 Å². The van der Waals surface area contributed by atoms with E-state index >= 15 is 0 Å². The number of aromatic amines is 1. The summed E-state index contributed by atoms with van der Waals surface area (Å²) in [5.74, 6) is -0.410. The van der Waals surface area contributed by atoms with Crippen LogP contribution in [0.15, 0.2) is 63.8 Å². The number of hydrogen-bond donors (Lipinski definition) is 3. The van der Waals surface area contributed by atoms with Crippen LogP contribution in [0.2, 0.25) is 5.02 Å². The van der Waals surface area contributed by atoms with E-state index in [1.165, 1.54) is 4.90 Å². The third kappa shape index (κ3) is 3.34. The van der Waals surface area contributed by atoms with E-state index in [-0.39, 0.29) is 17.5 Å². The molecule has 3 aromatic rings. The number of H-pyrrole nitrogens is 1. The minimum Gasteiger partial charge on any atom is -0.493 e. The average Bonchev–Trinajstić information content (AvgIpc) is 3.29. The van der Waals surface area contributed by atoms with Crippen LogP contribution in [0.1, 0.15) is 5.56 Å². The third-order valence-electron chi connectivity index (χ3n) is 5.50. The lowest BCUT2D eigenvalue weighted by Gasteiger charge is -2.35. The first-order valence-corrected chi connectivity index (χ1v) is 10.2. The van der Waals surface area contributed by atoms with Crippen molar-refractivity contribution in [3.05, 3.63) is 59.1 Å². The number of urea groups is 1. The van der Waals surface area contributed by atoms with Crippen molar-refractivity contribution in [2.45, 2.75) is 18.8 Å². The van der Waals surface area contributed by atoms with E-state index in [4.69, 9.17) is 11.6 Å². The van der Waals surface area contributed by atoms with Crippen molar-refractivity contribution in [3.8, 4) is 5.88 Å². The maximum Gasteiger partial charge on any atom is 0.325 e. The Bertz CT molecular complexity index is 1280. The number of nitrogens with zero attached hydrogens (tertiary/aromatic N) is 5. The molecular formula is C21H18ClN7O3. The Morgan fingerprint density at radius 1 is 1.12 bits per heavy atom.